The van der Waals surface area contributed by atoms with Crippen LogP contribution in [-0.2, 0) is 14.8 Å². The van der Waals surface area contributed by atoms with Crippen molar-refractivity contribution in [3.8, 4) is 5.75 Å². The van der Waals surface area contributed by atoms with E-state index in [-0.39, 0.29) is 4.90 Å². The maximum absolute atomic E-state index is 13.5. The van der Waals surface area contributed by atoms with Gasteiger partial charge in [0.1, 0.15) is 11.8 Å². The van der Waals surface area contributed by atoms with Crippen LogP contribution in [0.5, 0.6) is 5.75 Å². The lowest BCUT2D eigenvalue weighted by Crippen LogP contribution is -2.46. The van der Waals surface area contributed by atoms with E-state index in [9.17, 15) is 21.6 Å². The smallest absolute Gasteiger partial charge is 0.407 e. The molecule has 1 fully saturated rings. The number of aryl methyl sites for hydroxylation is 1. The van der Waals surface area contributed by atoms with Crippen molar-refractivity contribution in [1.29, 1.82) is 0 Å². The molecule has 9 heteroatoms. The lowest BCUT2D eigenvalue weighted by molar-refractivity contribution is -0.164. The lowest BCUT2D eigenvalue weighted by atomic mass is 10.2. The Balaban J connectivity index is 2.07. The number of benzene rings is 2. The SMILES string of the molecule is COc1ccc([C@H]2OC[C@@H](C(F)(F)F)N2S(=O)(=O)c2ccc(C)cc2)cc1. The molecule has 0 unspecified atom stereocenters. The summed E-state index contributed by atoms with van der Waals surface area (Å²) in [7, 11) is -2.99. The number of rotatable bonds is 4. The van der Waals surface area contributed by atoms with Crippen LogP contribution in [0.25, 0.3) is 0 Å². The van der Waals surface area contributed by atoms with Gasteiger partial charge in [-0.05, 0) is 36.8 Å². The lowest BCUT2D eigenvalue weighted by Gasteiger charge is -2.28. The molecule has 2 atom stereocenters. The third-order valence-electron chi connectivity index (χ3n) is 4.33. The second-order valence-corrected chi connectivity index (χ2v) is 8.01. The van der Waals surface area contributed by atoms with Crippen LogP contribution in [-0.4, -0.2) is 38.7 Å². The van der Waals surface area contributed by atoms with Crippen molar-refractivity contribution in [2.24, 2.45) is 0 Å². The Labute approximate surface area is 155 Å². The van der Waals surface area contributed by atoms with E-state index in [1.165, 1.54) is 55.6 Å². The van der Waals surface area contributed by atoms with Crippen molar-refractivity contribution in [2.45, 2.75) is 30.3 Å². The fourth-order valence-corrected chi connectivity index (χ4v) is 4.54. The van der Waals surface area contributed by atoms with Gasteiger partial charge in [-0.2, -0.15) is 17.5 Å². The van der Waals surface area contributed by atoms with Crippen LogP contribution in [0.1, 0.15) is 17.4 Å². The largest absolute Gasteiger partial charge is 0.497 e. The summed E-state index contributed by atoms with van der Waals surface area (Å²) < 4.78 is 77.3. The highest BCUT2D eigenvalue weighted by molar-refractivity contribution is 7.89. The Morgan fingerprint density at radius 3 is 2.19 bits per heavy atom. The Morgan fingerprint density at radius 2 is 1.67 bits per heavy atom. The van der Waals surface area contributed by atoms with Gasteiger partial charge >= 0.3 is 6.18 Å². The minimum Gasteiger partial charge on any atom is -0.497 e. The molecule has 0 amide bonds. The first-order valence-electron chi connectivity index (χ1n) is 8.07. The highest BCUT2D eigenvalue weighted by Gasteiger charge is 2.55. The summed E-state index contributed by atoms with van der Waals surface area (Å²) in [6, 6.07) is 9.44. The average Bonchev–Trinajstić information content (AvgIpc) is 3.08. The standard InChI is InChI=1S/C18H18F3NO4S/c1-12-3-9-15(10-4-12)27(23,24)22-16(18(19,20)21)11-26-17(22)13-5-7-14(25-2)8-6-13/h3-10,16-17H,11H2,1-2H3/t16-,17+/m0/s1. The molecule has 0 saturated carbocycles. The van der Waals surface area contributed by atoms with E-state index < -0.39 is 35.1 Å². The van der Waals surface area contributed by atoms with E-state index in [1.54, 1.807) is 6.92 Å². The van der Waals surface area contributed by atoms with Crippen LogP contribution >= 0.6 is 0 Å². The van der Waals surface area contributed by atoms with Gasteiger partial charge in [0.15, 0.2) is 6.23 Å². The molecule has 1 saturated heterocycles. The van der Waals surface area contributed by atoms with E-state index in [1.807, 2.05) is 0 Å². The third kappa shape index (κ3) is 3.80. The van der Waals surface area contributed by atoms with E-state index >= 15 is 0 Å². The maximum Gasteiger partial charge on any atom is 0.407 e. The highest BCUT2D eigenvalue weighted by Crippen LogP contribution is 2.42. The van der Waals surface area contributed by atoms with Crippen molar-refractivity contribution < 1.29 is 31.1 Å². The number of methoxy groups -OCH3 is 1. The van der Waals surface area contributed by atoms with Gasteiger partial charge in [-0.1, -0.05) is 29.8 Å². The number of halogens is 3. The van der Waals surface area contributed by atoms with Crippen LogP contribution in [0.4, 0.5) is 13.2 Å². The van der Waals surface area contributed by atoms with Gasteiger partial charge in [-0.15, -0.1) is 0 Å². The molecule has 1 aliphatic rings. The number of hydrogen-bond acceptors (Lipinski definition) is 4. The molecule has 0 bridgehead atoms. The van der Waals surface area contributed by atoms with Gasteiger partial charge in [-0.3, -0.25) is 0 Å². The zero-order valence-corrected chi connectivity index (χ0v) is 15.4. The Hall–Kier alpha value is -2.10. The molecule has 0 N–H and O–H groups in total. The summed E-state index contributed by atoms with van der Waals surface area (Å²) in [5.74, 6) is 0.497. The Bertz CT molecular complexity index is 896. The van der Waals surface area contributed by atoms with Gasteiger partial charge in [0.25, 0.3) is 0 Å². The average molecular weight is 401 g/mol. The molecule has 0 radical (unpaired) electrons. The molecule has 0 aromatic heterocycles. The van der Waals surface area contributed by atoms with Gasteiger partial charge in [0.05, 0.1) is 18.6 Å². The van der Waals surface area contributed by atoms with Gasteiger partial charge in [0, 0.05) is 0 Å². The number of alkyl halides is 3. The normalized spacial score (nSPS) is 21.4. The summed E-state index contributed by atoms with van der Waals surface area (Å²) in [4.78, 5) is -0.216. The molecule has 3 rings (SSSR count). The molecule has 0 aliphatic carbocycles. The summed E-state index contributed by atoms with van der Waals surface area (Å²) in [5, 5.41) is 0. The van der Waals surface area contributed by atoms with E-state index in [0.29, 0.717) is 15.6 Å². The summed E-state index contributed by atoms with van der Waals surface area (Å²) in [6.07, 6.45) is -6.15. The van der Waals surface area contributed by atoms with E-state index in [2.05, 4.69) is 0 Å². The predicted molar refractivity (Wildman–Crippen MR) is 91.7 cm³/mol. The molecule has 2 aromatic carbocycles. The fraction of sp³-hybridized carbons (Fsp3) is 0.333. The molecule has 5 nitrogen and oxygen atoms in total. The van der Waals surface area contributed by atoms with Crippen LogP contribution in [0.2, 0.25) is 0 Å². The molecular weight excluding hydrogens is 383 g/mol. The van der Waals surface area contributed by atoms with Crippen molar-refractivity contribution in [1.82, 2.24) is 4.31 Å². The molecule has 27 heavy (non-hydrogen) atoms. The number of nitrogens with zero attached hydrogens (tertiary/aromatic N) is 1. The van der Waals surface area contributed by atoms with E-state index in [4.69, 9.17) is 9.47 Å². The summed E-state index contributed by atoms with van der Waals surface area (Å²) >= 11 is 0. The highest BCUT2D eigenvalue weighted by atomic mass is 32.2. The van der Waals surface area contributed by atoms with Crippen LogP contribution in [0, 0.1) is 6.92 Å². The van der Waals surface area contributed by atoms with E-state index in [0.717, 1.165) is 5.56 Å². The third-order valence-corrected chi connectivity index (χ3v) is 6.19. The van der Waals surface area contributed by atoms with Crippen molar-refractivity contribution in [3.63, 3.8) is 0 Å². The minimum absolute atomic E-state index is 0.216. The van der Waals surface area contributed by atoms with Gasteiger partial charge < -0.3 is 9.47 Å². The molecule has 1 aliphatic heterocycles. The monoisotopic (exact) mass is 401 g/mol. The first-order chi connectivity index (χ1) is 12.6. The zero-order chi connectivity index (χ0) is 19.8. The molecular formula is C18H18F3NO4S. The van der Waals surface area contributed by atoms with Crippen molar-refractivity contribution in [2.75, 3.05) is 13.7 Å². The first-order valence-corrected chi connectivity index (χ1v) is 9.51. The fourth-order valence-electron chi connectivity index (χ4n) is 2.87. The van der Waals surface area contributed by atoms with Crippen LogP contribution in [0.15, 0.2) is 53.4 Å². The molecule has 2 aromatic rings. The van der Waals surface area contributed by atoms with Crippen LogP contribution < -0.4 is 4.74 Å². The predicted octanol–water partition coefficient (Wildman–Crippen LogP) is 3.65. The van der Waals surface area contributed by atoms with Crippen molar-refractivity contribution in [3.05, 3.63) is 59.7 Å². The minimum atomic E-state index is -4.76. The molecule has 146 valence electrons. The first kappa shape index (κ1) is 19.7. The second-order valence-electron chi connectivity index (χ2n) is 6.16. The molecule has 1 heterocycles. The molecule has 0 spiro atoms. The summed E-state index contributed by atoms with van der Waals surface area (Å²) in [6.45, 7) is 0.985. The van der Waals surface area contributed by atoms with Gasteiger partial charge in [-0.25, -0.2) is 8.42 Å². The van der Waals surface area contributed by atoms with Crippen LogP contribution in [0.3, 0.4) is 0 Å². The Morgan fingerprint density at radius 1 is 1.07 bits per heavy atom. The Kier molecular flexibility index (Phi) is 5.20. The maximum atomic E-state index is 13.5. The number of sulfonamides is 1. The zero-order valence-electron chi connectivity index (χ0n) is 14.6. The number of ether oxygens (including phenoxy) is 2. The quantitative estimate of drug-likeness (QED) is 0.785. The summed E-state index contributed by atoms with van der Waals surface area (Å²) in [5.41, 5.74) is 1.09. The second kappa shape index (κ2) is 7.14. The number of hydrogen-bond donors (Lipinski definition) is 0. The van der Waals surface area contributed by atoms with Gasteiger partial charge in [0.2, 0.25) is 10.0 Å². The topological polar surface area (TPSA) is 55.8 Å². The van der Waals surface area contributed by atoms with Crippen molar-refractivity contribution >= 4 is 10.0 Å².